The molecule has 0 amide bonds. The van der Waals surface area contributed by atoms with Gasteiger partial charge in [-0.05, 0) is 40.7 Å². The Balaban J connectivity index is 1.97. The van der Waals surface area contributed by atoms with Gasteiger partial charge in [0.1, 0.15) is 6.04 Å². The number of para-hydroxylation sites is 1. The van der Waals surface area contributed by atoms with E-state index in [0.29, 0.717) is 36.3 Å². The second-order valence-corrected chi connectivity index (χ2v) is 17.6. The number of carbonyl (C=O) groups is 1. The number of aromatic nitrogens is 1. The number of hydrogen-bond donors (Lipinski definition) is 0. The van der Waals surface area contributed by atoms with Crippen molar-refractivity contribution < 1.29 is 9.53 Å². The Hall–Kier alpha value is -3.15. The van der Waals surface area contributed by atoms with Crippen LogP contribution < -0.4 is 0 Å². The summed E-state index contributed by atoms with van der Waals surface area (Å²) >= 11 is 0. The molecule has 1 atom stereocenters. The molecule has 5 heteroatoms. The second-order valence-electron chi connectivity index (χ2n) is 11.9. The van der Waals surface area contributed by atoms with Gasteiger partial charge in [-0.25, -0.2) is 4.79 Å². The summed E-state index contributed by atoms with van der Waals surface area (Å²) in [5.74, 6) is -0.192. The van der Waals surface area contributed by atoms with Crippen LogP contribution in [0.2, 0.25) is 16.6 Å². The number of benzene rings is 3. The predicted molar refractivity (Wildman–Crippen MR) is 170 cm³/mol. The molecule has 0 aliphatic rings. The zero-order valence-corrected chi connectivity index (χ0v) is 26.3. The highest BCUT2D eigenvalue weighted by Crippen LogP contribution is 2.46. The van der Waals surface area contributed by atoms with Gasteiger partial charge in [0.2, 0.25) is 0 Å². The van der Waals surface area contributed by atoms with Crippen molar-refractivity contribution in [1.29, 1.82) is 0 Å². The fourth-order valence-electron chi connectivity index (χ4n) is 7.15. The average molecular weight is 555 g/mol. The number of hydrogen-bond acceptors (Lipinski definition) is 3. The Labute approximate surface area is 242 Å². The zero-order chi connectivity index (χ0) is 28.9. The fraction of sp³-hybridized carbons (Fsp3) is 0.400. The van der Waals surface area contributed by atoms with Crippen molar-refractivity contribution in [2.75, 3.05) is 6.61 Å². The Morgan fingerprint density at radius 1 is 0.750 bits per heavy atom. The molecule has 40 heavy (non-hydrogen) atoms. The molecule has 0 saturated carbocycles. The van der Waals surface area contributed by atoms with E-state index in [-0.39, 0.29) is 5.97 Å². The van der Waals surface area contributed by atoms with E-state index in [1.54, 1.807) is 0 Å². The van der Waals surface area contributed by atoms with Gasteiger partial charge in [-0.1, -0.05) is 120 Å². The summed E-state index contributed by atoms with van der Waals surface area (Å²) in [4.78, 5) is 16.3. The molecule has 0 fully saturated rings. The number of esters is 1. The molecule has 0 aliphatic heterocycles. The van der Waals surface area contributed by atoms with Gasteiger partial charge in [0.05, 0.1) is 6.61 Å². The van der Waals surface area contributed by atoms with Crippen LogP contribution in [-0.4, -0.2) is 29.9 Å². The third-order valence-corrected chi connectivity index (χ3v) is 15.3. The lowest BCUT2D eigenvalue weighted by Crippen LogP contribution is -2.51. The maximum absolute atomic E-state index is 14.0. The third kappa shape index (κ3) is 5.82. The van der Waals surface area contributed by atoms with Crippen molar-refractivity contribution >= 4 is 25.1 Å². The average Bonchev–Trinajstić information content (AvgIpc) is 3.29. The minimum Gasteiger partial charge on any atom is -0.465 e. The number of nitrogens with zero attached hydrogens (tertiary/aromatic N) is 2. The van der Waals surface area contributed by atoms with E-state index in [1.165, 1.54) is 16.6 Å². The van der Waals surface area contributed by atoms with Crippen molar-refractivity contribution in [3.8, 4) is 0 Å². The minimum atomic E-state index is -2.08. The summed E-state index contributed by atoms with van der Waals surface area (Å²) in [6, 6.07) is 29.0. The quantitative estimate of drug-likeness (QED) is 0.129. The Kier molecular flexibility index (Phi) is 9.70. The molecule has 0 spiro atoms. The van der Waals surface area contributed by atoms with Gasteiger partial charge < -0.3 is 8.97 Å². The first-order valence-electron chi connectivity index (χ1n) is 14.8. The molecule has 4 aromatic rings. The molecule has 1 unspecified atom stereocenters. The summed E-state index contributed by atoms with van der Waals surface area (Å²) in [6.45, 7) is 17.9. The first-order valence-corrected chi connectivity index (χ1v) is 17.0. The van der Waals surface area contributed by atoms with E-state index in [0.717, 1.165) is 10.9 Å². The van der Waals surface area contributed by atoms with Crippen LogP contribution in [0.5, 0.6) is 0 Å². The highest BCUT2D eigenvalue weighted by Gasteiger charge is 2.46. The van der Waals surface area contributed by atoms with Crippen LogP contribution in [0, 0.1) is 0 Å². The van der Waals surface area contributed by atoms with Gasteiger partial charge in [-0.3, -0.25) is 4.90 Å². The molecule has 4 nitrogen and oxygen atoms in total. The largest absolute Gasteiger partial charge is 0.465 e. The summed E-state index contributed by atoms with van der Waals surface area (Å²) in [7, 11) is -2.08. The highest BCUT2D eigenvalue weighted by molar-refractivity contribution is 6.82. The maximum Gasteiger partial charge on any atom is 0.328 e. The summed E-state index contributed by atoms with van der Waals surface area (Å²) in [5, 5.41) is 1.14. The molecular formula is C35H46N2O2Si. The van der Waals surface area contributed by atoms with Crippen LogP contribution >= 0.6 is 0 Å². The molecule has 1 heterocycles. The maximum atomic E-state index is 14.0. The van der Waals surface area contributed by atoms with Crippen LogP contribution in [0.1, 0.15) is 71.2 Å². The lowest BCUT2D eigenvalue weighted by molar-refractivity contribution is -0.150. The van der Waals surface area contributed by atoms with E-state index in [4.69, 9.17) is 4.74 Å². The van der Waals surface area contributed by atoms with E-state index in [9.17, 15) is 4.79 Å². The molecule has 0 N–H and O–H groups in total. The van der Waals surface area contributed by atoms with Gasteiger partial charge in [0, 0.05) is 35.8 Å². The van der Waals surface area contributed by atoms with Gasteiger partial charge in [-0.2, -0.15) is 0 Å². The number of ether oxygens (including phenoxy) is 1. The standard InChI is InChI=1S/C35H46N2O2Si/c1-8-39-35(38)34(36(23-29-17-11-9-12-18-29)24-30-19-13-10-14-20-30)32-25-37(33-22-16-15-21-31(32)33)40(26(2)3,27(4)5)28(6)7/h9-22,25-28,34H,8,23-24H2,1-7H3. The molecule has 4 rings (SSSR count). The normalized spacial score (nSPS) is 13.1. The predicted octanol–water partition coefficient (Wildman–Crippen LogP) is 8.97. The Morgan fingerprint density at radius 3 is 1.70 bits per heavy atom. The Morgan fingerprint density at radius 2 is 1.23 bits per heavy atom. The van der Waals surface area contributed by atoms with Crippen LogP contribution in [0.15, 0.2) is 91.1 Å². The van der Waals surface area contributed by atoms with E-state index in [2.05, 4.69) is 130 Å². The molecule has 0 bridgehead atoms. The number of rotatable bonds is 12. The summed E-state index contributed by atoms with van der Waals surface area (Å²) < 4.78 is 8.45. The number of fused-ring (bicyclic) bond motifs is 1. The molecular weight excluding hydrogens is 508 g/mol. The highest BCUT2D eigenvalue weighted by atomic mass is 28.3. The second kappa shape index (κ2) is 13.0. The number of carbonyl (C=O) groups excluding carboxylic acids is 1. The molecule has 212 valence electrons. The third-order valence-electron chi connectivity index (χ3n) is 8.56. The van der Waals surface area contributed by atoms with Gasteiger partial charge in [-0.15, -0.1) is 0 Å². The zero-order valence-electron chi connectivity index (χ0n) is 25.3. The fourth-order valence-corrected chi connectivity index (χ4v) is 13.8. The topological polar surface area (TPSA) is 34.5 Å². The van der Waals surface area contributed by atoms with Crippen molar-refractivity contribution in [3.05, 3.63) is 108 Å². The molecule has 3 aromatic carbocycles. The van der Waals surface area contributed by atoms with Crippen LogP contribution in [0.25, 0.3) is 10.9 Å². The lowest BCUT2D eigenvalue weighted by atomic mass is 10.0. The van der Waals surface area contributed by atoms with Crippen LogP contribution in [-0.2, 0) is 22.6 Å². The molecule has 0 radical (unpaired) electrons. The van der Waals surface area contributed by atoms with Crippen LogP contribution in [0.4, 0.5) is 0 Å². The van der Waals surface area contributed by atoms with Crippen molar-refractivity contribution in [3.63, 3.8) is 0 Å². The minimum absolute atomic E-state index is 0.192. The molecule has 1 aromatic heterocycles. The SMILES string of the molecule is CCOC(=O)C(c1cn([Si](C(C)C)(C(C)C)C(C)C)c2ccccc12)N(Cc1ccccc1)Cc1ccccc1. The first kappa shape index (κ1) is 29.8. The van der Waals surface area contributed by atoms with Crippen molar-refractivity contribution in [2.24, 2.45) is 0 Å². The van der Waals surface area contributed by atoms with E-state index < -0.39 is 14.3 Å². The van der Waals surface area contributed by atoms with Gasteiger partial charge in [0.15, 0.2) is 8.24 Å². The van der Waals surface area contributed by atoms with Crippen LogP contribution in [0.3, 0.4) is 0 Å². The Bertz CT molecular complexity index is 1320. The van der Waals surface area contributed by atoms with Gasteiger partial charge in [0.25, 0.3) is 0 Å². The van der Waals surface area contributed by atoms with Crippen molar-refractivity contribution in [2.45, 2.75) is 84.2 Å². The molecule has 0 saturated heterocycles. The van der Waals surface area contributed by atoms with E-state index >= 15 is 0 Å². The lowest BCUT2D eigenvalue weighted by Gasteiger charge is -2.44. The summed E-state index contributed by atoms with van der Waals surface area (Å²) in [5.41, 5.74) is 6.21. The van der Waals surface area contributed by atoms with E-state index in [1.807, 2.05) is 19.1 Å². The monoisotopic (exact) mass is 554 g/mol. The smallest absolute Gasteiger partial charge is 0.328 e. The van der Waals surface area contributed by atoms with Crippen molar-refractivity contribution in [1.82, 2.24) is 9.13 Å². The summed E-state index contributed by atoms with van der Waals surface area (Å²) in [6.07, 6.45) is 2.33. The first-order chi connectivity index (χ1) is 19.2. The molecule has 0 aliphatic carbocycles. The van der Waals surface area contributed by atoms with Gasteiger partial charge >= 0.3 is 5.97 Å².